The van der Waals surface area contributed by atoms with Crippen LogP contribution in [-0.2, 0) is 34.0 Å². The van der Waals surface area contributed by atoms with E-state index in [0.717, 1.165) is 60.8 Å². The van der Waals surface area contributed by atoms with E-state index in [-0.39, 0.29) is 12.8 Å². The first kappa shape index (κ1) is 42.4. The van der Waals surface area contributed by atoms with Crippen LogP contribution in [0.1, 0.15) is 129 Å². The number of amides is 4. The van der Waals surface area contributed by atoms with Gasteiger partial charge in [-0.15, -0.1) is 0 Å². The second-order valence-electron chi connectivity index (χ2n) is 17.8. The van der Waals surface area contributed by atoms with Crippen LogP contribution >= 0.6 is 0 Å². The molecule has 3 aliphatic carbocycles. The maximum Gasteiger partial charge on any atom is 0.408 e. The number of nitrogens with one attached hydrogen (secondary N) is 3. The monoisotopic (exact) mass is 829 g/mol. The summed E-state index contributed by atoms with van der Waals surface area (Å²) in [6.45, 7) is 7.38. The van der Waals surface area contributed by atoms with Crippen molar-refractivity contribution in [3.05, 3.63) is 71.8 Å². The zero-order chi connectivity index (χ0) is 42.0. The Hall–Kier alpha value is -4.72. The molecule has 3 N–H and O–H groups in total. The lowest BCUT2D eigenvalue weighted by atomic mass is 10.0. The van der Waals surface area contributed by atoms with Crippen molar-refractivity contribution in [1.29, 1.82) is 0 Å². The van der Waals surface area contributed by atoms with Gasteiger partial charge in [0.25, 0.3) is 5.91 Å². The highest BCUT2D eigenvalue weighted by Crippen LogP contribution is 2.46. The van der Waals surface area contributed by atoms with E-state index in [1.165, 1.54) is 0 Å². The molecular weight excluding hydrogens is 771 g/mol. The molecule has 59 heavy (non-hydrogen) atoms. The Morgan fingerprint density at radius 1 is 0.932 bits per heavy atom. The Bertz CT molecular complexity index is 2040. The molecule has 2 heterocycles. The number of hydrogen-bond acceptors (Lipinski definition) is 9. The minimum Gasteiger partial charge on any atom is -0.444 e. The van der Waals surface area contributed by atoms with E-state index >= 15 is 4.79 Å². The maximum absolute atomic E-state index is 15.1. The number of fused-ring (bicyclic) bond motifs is 5. The van der Waals surface area contributed by atoms with Gasteiger partial charge in [-0.2, -0.15) is 0 Å². The molecule has 2 aliphatic heterocycles. The van der Waals surface area contributed by atoms with Crippen molar-refractivity contribution in [2.24, 2.45) is 11.1 Å². The third-order valence-corrected chi connectivity index (χ3v) is 13.9. The number of alkyl carbamates (subject to hydrolysis) is 1. The topological polar surface area (TPSA) is 173 Å². The van der Waals surface area contributed by atoms with E-state index < -0.39 is 80.4 Å². The molecule has 2 aromatic rings. The van der Waals surface area contributed by atoms with E-state index in [1.54, 1.807) is 25.7 Å². The minimum absolute atomic E-state index is 0.0633. The summed E-state index contributed by atoms with van der Waals surface area (Å²) in [7, 11) is -3.91. The first-order valence-electron chi connectivity index (χ1n) is 21.5. The molecule has 13 nitrogen and oxygen atoms in total. The summed E-state index contributed by atoms with van der Waals surface area (Å²) in [5.41, 5.74) is 2.24. The molecule has 0 bridgehead atoms. The summed E-state index contributed by atoms with van der Waals surface area (Å²) in [4.78, 5) is 65.3. The molecular formula is C45H59N5O8S. The zero-order valence-electron chi connectivity index (χ0n) is 34.7. The Morgan fingerprint density at radius 3 is 2.25 bits per heavy atom. The van der Waals surface area contributed by atoms with Crippen LogP contribution in [0.4, 0.5) is 4.79 Å². The van der Waals surface area contributed by atoms with Crippen LogP contribution in [-0.4, -0.2) is 83.5 Å². The molecule has 5 aliphatic rings. The fourth-order valence-corrected chi connectivity index (χ4v) is 10.1. The quantitative estimate of drug-likeness (QED) is 0.110. The van der Waals surface area contributed by atoms with E-state index in [2.05, 4.69) is 22.3 Å². The van der Waals surface area contributed by atoms with E-state index in [1.807, 2.05) is 60.7 Å². The standard InChI is InChI=1S/C45H59N5O8S/c1-5-6-7-13-24-36-38(58-48-39-33-21-16-14-19-31(33)32-20-15-17-22-34(32)39)27-37-40(51)47-45(42(53)49-59(55,56)30-25-26-30)28-29(45)18-11-9-8-10-12-23-35(41(52)50(36)37)46-43(54)57-44(2,3)4/h11,14-22,29-30,35-38H,5-10,12-13,23-28H2,1-4H3,(H,46,54)(H,47,51)(H,49,53)/b18-11-/t29?,35?,36-,37?,38+,45?/m0/s1. The lowest BCUT2D eigenvalue weighted by Gasteiger charge is -2.34. The molecule has 318 valence electrons. The number of nitrogens with zero attached hydrogens (tertiary/aromatic N) is 2. The summed E-state index contributed by atoms with van der Waals surface area (Å²) in [6.07, 6.45) is 11.0. The van der Waals surface area contributed by atoms with Crippen molar-refractivity contribution >= 4 is 39.5 Å². The van der Waals surface area contributed by atoms with Crippen molar-refractivity contribution in [2.75, 3.05) is 0 Å². The van der Waals surface area contributed by atoms with Crippen LogP contribution in [0.15, 0.2) is 65.8 Å². The zero-order valence-corrected chi connectivity index (χ0v) is 35.5. The Labute approximate surface area is 348 Å². The van der Waals surface area contributed by atoms with Gasteiger partial charge in [-0.05, 0) is 76.8 Å². The van der Waals surface area contributed by atoms with Crippen LogP contribution in [0.3, 0.4) is 0 Å². The average molecular weight is 830 g/mol. The first-order chi connectivity index (χ1) is 28.2. The SMILES string of the molecule is CCCCCC[C@H]1[C@H](ON=C2c3ccccc3-c3ccccc32)CC2C(=O)NC3(C(=O)NS(=O)(=O)C4CC4)CC3/C=C\CCCCCC(NC(=O)OC(C)(C)C)C(=O)N21. The number of hydrogen-bond donors (Lipinski definition) is 3. The summed E-state index contributed by atoms with van der Waals surface area (Å²) in [6, 6.07) is 13.2. The number of carbonyl (C=O) groups excluding carboxylic acids is 4. The van der Waals surface area contributed by atoms with E-state index in [0.29, 0.717) is 44.2 Å². The van der Waals surface area contributed by atoms with Crippen molar-refractivity contribution in [3.8, 4) is 11.1 Å². The maximum atomic E-state index is 15.1. The molecule has 0 spiro atoms. The number of allylic oxidation sites excluding steroid dienone is 1. The third kappa shape index (κ3) is 9.53. The molecule has 4 amide bonds. The van der Waals surface area contributed by atoms with Gasteiger partial charge >= 0.3 is 6.09 Å². The van der Waals surface area contributed by atoms with Crippen LogP contribution in [0.2, 0.25) is 0 Å². The molecule has 0 aromatic heterocycles. The largest absolute Gasteiger partial charge is 0.444 e. The van der Waals surface area contributed by atoms with Crippen molar-refractivity contribution in [1.82, 2.24) is 20.3 Å². The number of carbonyl (C=O) groups is 4. The normalized spacial score (nSPS) is 27.4. The van der Waals surface area contributed by atoms with E-state index in [4.69, 9.17) is 14.7 Å². The number of ether oxygens (including phenoxy) is 1. The molecule has 4 unspecified atom stereocenters. The average Bonchev–Trinajstić information content (AvgIpc) is 4.10. The van der Waals surface area contributed by atoms with Crippen molar-refractivity contribution in [3.63, 3.8) is 0 Å². The molecule has 1 saturated heterocycles. The molecule has 14 heteroatoms. The van der Waals surface area contributed by atoms with Crippen LogP contribution < -0.4 is 15.4 Å². The highest BCUT2D eigenvalue weighted by Gasteiger charge is 2.62. The van der Waals surface area contributed by atoms with Crippen LogP contribution in [0.5, 0.6) is 0 Å². The fourth-order valence-electron chi connectivity index (χ4n) is 8.78. The predicted molar refractivity (Wildman–Crippen MR) is 225 cm³/mol. The van der Waals surface area contributed by atoms with Crippen LogP contribution in [0, 0.1) is 5.92 Å². The van der Waals surface area contributed by atoms with Crippen LogP contribution in [0.25, 0.3) is 11.1 Å². The number of rotatable bonds is 11. The lowest BCUT2D eigenvalue weighted by Crippen LogP contribution is -2.59. The van der Waals surface area contributed by atoms with Crippen molar-refractivity contribution < 1.29 is 37.2 Å². The Kier molecular flexibility index (Phi) is 12.6. The van der Waals surface area contributed by atoms with Gasteiger partial charge in [-0.1, -0.05) is 111 Å². The van der Waals surface area contributed by atoms with E-state index in [9.17, 15) is 22.8 Å². The van der Waals surface area contributed by atoms with Crippen molar-refractivity contribution in [2.45, 2.75) is 158 Å². The Balaban J connectivity index is 1.26. The predicted octanol–water partition coefficient (Wildman–Crippen LogP) is 6.64. The number of oxime groups is 1. The second kappa shape index (κ2) is 17.5. The number of unbranched alkanes of at least 4 members (excludes halogenated alkanes) is 3. The second-order valence-corrected chi connectivity index (χ2v) is 19.8. The molecule has 6 atom stereocenters. The summed E-state index contributed by atoms with van der Waals surface area (Å²) >= 11 is 0. The van der Waals surface area contributed by atoms with Gasteiger partial charge in [0.2, 0.25) is 21.8 Å². The lowest BCUT2D eigenvalue weighted by molar-refractivity contribution is -0.143. The summed E-state index contributed by atoms with van der Waals surface area (Å²) in [5, 5.41) is 9.98. The first-order valence-corrected chi connectivity index (χ1v) is 23.1. The van der Waals surface area contributed by atoms with Gasteiger partial charge in [0.15, 0.2) is 0 Å². The van der Waals surface area contributed by atoms with Gasteiger partial charge in [-0.25, -0.2) is 13.2 Å². The fraction of sp³-hybridized carbons (Fsp3) is 0.578. The third-order valence-electron chi connectivity index (χ3n) is 12.1. The molecule has 3 fully saturated rings. The smallest absolute Gasteiger partial charge is 0.408 e. The van der Waals surface area contributed by atoms with Gasteiger partial charge in [-0.3, -0.25) is 19.1 Å². The minimum atomic E-state index is -3.91. The van der Waals surface area contributed by atoms with Gasteiger partial charge in [0, 0.05) is 23.5 Å². The van der Waals surface area contributed by atoms with Gasteiger partial charge < -0.3 is 25.1 Å². The molecule has 7 rings (SSSR count). The highest BCUT2D eigenvalue weighted by molar-refractivity contribution is 7.91. The molecule has 2 saturated carbocycles. The number of benzene rings is 2. The summed E-state index contributed by atoms with van der Waals surface area (Å²) < 4.78 is 33.9. The van der Waals surface area contributed by atoms with Gasteiger partial charge in [0.1, 0.15) is 35.0 Å². The molecule has 0 radical (unpaired) electrons. The summed E-state index contributed by atoms with van der Waals surface area (Å²) in [5.74, 6) is -2.23. The Morgan fingerprint density at radius 2 is 1.61 bits per heavy atom. The number of sulfonamides is 1. The van der Waals surface area contributed by atoms with Gasteiger partial charge in [0.05, 0.1) is 11.3 Å². The highest BCUT2D eigenvalue weighted by atomic mass is 32.2. The molecule has 2 aromatic carbocycles.